The van der Waals surface area contributed by atoms with Gasteiger partial charge in [-0.3, -0.25) is 4.90 Å². The van der Waals surface area contributed by atoms with Crippen molar-refractivity contribution in [3.8, 4) is 22.5 Å². The van der Waals surface area contributed by atoms with Crippen LogP contribution in [0.15, 0.2) is 91.3 Å². The molecule has 0 N–H and O–H groups in total. The van der Waals surface area contributed by atoms with Crippen molar-refractivity contribution in [3.63, 3.8) is 0 Å². The topological polar surface area (TPSA) is 32.3 Å². The molecule has 0 atom stereocenters. The van der Waals surface area contributed by atoms with Crippen LogP contribution in [0.4, 0.5) is 5.95 Å². The summed E-state index contributed by atoms with van der Waals surface area (Å²) in [7, 11) is 0. The summed E-state index contributed by atoms with van der Waals surface area (Å²) in [5.74, 6) is 1.61. The Balaban J connectivity index is 1.65. The number of benzene rings is 2. The Morgan fingerprint density at radius 1 is 0.732 bits per heavy atom. The first kappa shape index (κ1) is 28.9. The average Bonchev–Trinajstić information content (AvgIpc) is 3.07. The number of hydrogen-bond donors (Lipinski definition) is 0. The number of rotatable bonds is 5. The summed E-state index contributed by atoms with van der Waals surface area (Å²) >= 11 is 0. The molecule has 5 rings (SSSR count). The quantitative estimate of drug-likeness (QED) is 0.319. The van der Waals surface area contributed by atoms with E-state index in [4.69, 9.17) is 16.5 Å². The Labute approximate surface area is 247 Å². The molecule has 4 heteroatoms. The average molecular weight is 547 g/mol. The minimum Gasteiger partial charge on any atom is -0.345 e. The van der Waals surface area contributed by atoms with Crippen molar-refractivity contribution in [1.82, 2.24) is 14.9 Å². The van der Waals surface area contributed by atoms with Crippen LogP contribution < -0.4 is 4.90 Å². The summed E-state index contributed by atoms with van der Waals surface area (Å²) in [6.45, 7) is 25.5. The van der Waals surface area contributed by atoms with Gasteiger partial charge in [0.1, 0.15) is 5.82 Å². The van der Waals surface area contributed by atoms with Gasteiger partial charge >= 0.3 is 0 Å². The largest absolute Gasteiger partial charge is 0.345 e. The minimum absolute atomic E-state index is 0.0158. The highest BCUT2D eigenvalue weighted by Gasteiger charge is 2.60. The third kappa shape index (κ3) is 4.81. The van der Waals surface area contributed by atoms with Crippen LogP contribution in [-0.2, 0) is 0 Å². The normalized spacial score (nSPS) is 18.6. The van der Waals surface area contributed by atoms with Gasteiger partial charge in [0.2, 0.25) is 5.95 Å². The molecule has 2 heterocycles. The van der Waals surface area contributed by atoms with Gasteiger partial charge in [-0.15, -0.1) is 0 Å². The van der Waals surface area contributed by atoms with E-state index in [1.54, 1.807) is 0 Å². The van der Waals surface area contributed by atoms with E-state index in [2.05, 4.69) is 145 Å². The highest BCUT2D eigenvalue weighted by molar-refractivity contribution is 5.77. The molecule has 0 radical (unpaired) electrons. The van der Waals surface area contributed by atoms with Crippen molar-refractivity contribution in [1.29, 1.82) is 0 Å². The van der Waals surface area contributed by atoms with Crippen molar-refractivity contribution in [2.24, 2.45) is 5.41 Å². The molecule has 0 bridgehead atoms. The number of aromatic nitrogens is 2. The molecule has 0 unspecified atom stereocenters. The standard InChI is InChI=1S/C37H46N4/c1-26-40(36(7,8)37(9,10)41(26)35(5,6)34(2,3)4)33-38-31(29-19-15-12-16-20-29)25-32(39-33)30-23-21-28(22-24-30)27-17-13-11-14-18-27/h12-13,15-25H,1,11,14H2,2-10H3. The molecule has 1 aliphatic heterocycles. The Hall–Kier alpha value is -3.66. The second kappa shape index (κ2) is 10.0. The molecule has 0 saturated carbocycles. The van der Waals surface area contributed by atoms with Crippen molar-refractivity contribution in [2.75, 3.05) is 4.90 Å². The second-order valence-corrected chi connectivity index (χ2v) is 14.0. The summed E-state index contributed by atoms with van der Waals surface area (Å²) in [5.41, 5.74) is 5.75. The first-order chi connectivity index (χ1) is 19.2. The lowest BCUT2D eigenvalue weighted by Gasteiger charge is -2.54. The van der Waals surface area contributed by atoms with Crippen LogP contribution in [0.1, 0.15) is 80.7 Å². The van der Waals surface area contributed by atoms with Crippen molar-refractivity contribution >= 4 is 11.5 Å². The number of hydrogen-bond acceptors (Lipinski definition) is 4. The van der Waals surface area contributed by atoms with Gasteiger partial charge in [-0.1, -0.05) is 100 Å². The summed E-state index contributed by atoms with van der Waals surface area (Å²) in [6.07, 6.45) is 9.01. The van der Waals surface area contributed by atoms with Gasteiger partial charge in [0.25, 0.3) is 0 Å². The van der Waals surface area contributed by atoms with Crippen LogP contribution in [0, 0.1) is 5.41 Å². The molecule has 41 heavy (non-hydrogen) atoms. The molecule has 2 aromatic carbocycles. The summed E-state index contributed by atoms with van der Waals surface area (Å²) in [5, 5.41) is 0. The van der Waals surface area contributed by atoms with E-state index in [-0.39, 0.29) is 22.0 Å². The van der Waals surface area contributed by atoms with Crippen molar-refractivity contribution in [2.45, 2.75) is 91.8 Å². The Bertz CT molecular complexity index is 1500. The maximum absolute atomic E-state index is 5.24. The van der Waals surface area contributed by atoms with E-state index in [1.807, 2.05) is 6.07 Å². The highest BCUT2D eigenvalue weighted by Crippen LogP contribution is 2.53. The molecule has 214 valence electrons. The molecular weight excluding hydrogens is 500 g/mol. The molecule has 0 amide bonds. The lowest BCUT2D eigenvalue weighted by Crippen LogP contribution is -2.62. The summed E-state index contributed by atoms with van der Waals surface area (Å²) < 4.78 is 0. The summed E-state index contributed by atoms with van der Waals surface area (Å²) in [6, 6.07) is 21.3. The van der Waals surface area contributed by atoms with Gasteiger partial charge in [0.15, 0.2) is 0 Å². The van der Waals surface area contributed by atoms with Crippen LogP contribution in [0.5, 0.6) is 0 Å². The zero-order chi connectivity index (χ0) is 29.8. The second-order valence-electron chi connectivity index (χ2n) is 14.0. The molecule has 0 spiro atoms. The van der Waals surface area contributed by atoms with E-state index in [9.17, 15) is 0 Å². The van der Waals surface area contributed by atoms with E-state index < -0.39 is 0 Å². The molecular formula is C37H46N4. The van der Waals surface area contributed by atoms with Gasteiger partial charge in [-0.2, -0.15) is 0 Å². The zero-order valence-electron chi connectivity index (χ0n) is 26.4. The predicted octanol–water partition coefficient (Wildman–Crippen LogP) is 9.52. The number of anilines is 1. The predicted molar refractivity (Wildman–Crippen MR) is 174 cm³/mol. The zero-order valence-corrected chi connectivity index (χ0v) is 26.4. The molecule has 4 nitrogen and oxygen atoms in total. The smallest absolute Gasteiger partial charge is 0.232 e. The van der Waals surface area contributed by atoms with Crippen LogP contribution >= 0.6 is 0 Å². The highest BCUT2D eigenvalue weighted by atomic mass is 15.5. The molecule has 1 aromatic heterocycles. The van der Waals surface area contributed by atoms with E-state index in [0.29, 0.717) is 5.95 Å². The van der Waals surface area contributed by atoms with Gasteiger partial charge in [0, 0.05) is 16.7 Å². The SMILES string of the molecule is C=C1N(c2nc(-c3ccccc3)cc(-c3ccc(C4=CCCC=C4)cc3)n2)C(C)(C)C(C)(C)N1C(C)(C)C(C)(C)C. The third-order valence-corrected chi connectivity index (χ3v) is 10.0. The van der Waals surface area contributed by atoms with Crippen LogP contribution in [0.25, 0.3) is 28.1 Å². The first-order valence-corrected chi connectivity index (χ1v) is 14.9. The lowest BCUT2D eigenvalue weighted by molar-refractivity contribution is -0.0145. The maximum Gasteiger partial charge on any atom is 0.232 e. The van der Waals surface area contributed by atoms with Crippen LogP contribution in [0.2, 0.25) is 0 Å². The molecule has 3 aromatic rings. The maximum atomic E-state index is 5.24. The molecule has 1 fully saturated rings. The Morgan fingerprint density at radius 2 is 1.29 bits per heavy atom. The monoisotopic (exact) mass is 546 g/mol. The minimum atomic E-state index is -0.331. The lowest BCUT2D eigenvalue weighted by atomic mass is 9.71. The van der Waals surface area contributed by atoms with Crippen LogP contribution in [-0.4, -0.2) is 31.5 Å². The summed E-state index contributed by atoms with van der Waals surface area (Å²) in [4.78, 5) is 15.2. The van der Waals surface area contributed by atoms with E-state index in [0.717, 1.165) is 41.2 Å². The fraction of sp³-hybridized carbons (Fsp3) is 0.405. The Morgan fingerprint density at radius 3 is 1.83 bits per heavy atom. The molecule has 1 aliphatic carbocycles. The fourth-order valence-electron chi connectivity index (χ4n) is 6.11. The van der Waals surface area contributed by atoms with E-state index >= 15 is 0 Å². The Kier molecular flexibility index (Phi) is 7.04. The third-order valence-electron chi connectivity index (χ3n) is 10.0. The van der Waals surface area contributed by atoms with Gasteiger partial charge in [-0.05, 0) is 77.0 Å². The van der Waals surface area contributed by atoms with Crippen molar-refractivity contribution < 1.29 is 0 Å². The fourth-order valence-corrected chi connectivity index (χ4v) is 6.11. The first-order valence-electron chi connectivity index (χ1n) is 14.9. The molecule has 1 saturated heterocycles. The van der Waals surface area contributed by atoms with Crippen LogP contribution in [0.3, 0.4) is 0 Å². The number of nitrogens with zero attached hydrogens (tertiary/aromatic N) is 4. The number of allylic oxidation sites excluding steroid dienone is 4. The van der Waals surface area contributed by atoms with Gasteiger partial charge in [-0.25, -0.2) is 9.97 Å². The van der Waals surface area contributed by atoms with Gasteiger partial charge < -0.3 is 4.90 Å². The van der Waals surface area contributed by atoms with Gasteiger partial charge in [0.05, 0.1) is 22.5 Å². The molecule has 2 aliphatic rings. The van der Waals surface area contributed by atoms with E-state index in [1.165, 1.54) is 11.1 Å². The van der Waals surface area contributed by atoms with Crippen molar-refractivity contribution in [3.05, 3.63) is 96.9 Å².